The summed E-state index contributed by atoms with van der Waals surface area (Å²) in [7, 11) is 2.14. The number of benzene rings is 1. The smallest absolute Gasteiger partial charge is 0.120 e. The number of aromatic amines is 1. The third kappa shape index (κ3) is 8.39. The summed E-state index contributed by atoms with van der Waals surface area (Å²) in [6.07, 6.45) is 12.1. The molecule has 1 N–H and O–H groups in total. The van der Waals surface area contributed by atoms with Crippen molar-refractivity contribution in [2.24, 2.45) is 4.99 Å². The number of unbranched alkanes of at least 4 members (excludes halogenated alkanes) is 2. The number of nitrogens with one attached hydrogen (secondary N) is 1. The Bertz CT molecular complexity index is 1140. The normalized spacial score (nSPS) is 13.9. The van der Waals surface area contributed by atoms with E-state index in [1.807, 2.05) is 12.4 Å². The number of aryl methyl sites for hydroxylation is 2. The van der Waals surface area contributed by atoms with Gasteiger partial charge in [-0.05, 0) is 69.4 Å². The van der Waals surface area contributed by atoms with Crippen molar-refractivity contribution < 1.29 is 0 Å². The fourth-order valence-electron chi connectivity index (χ4n) is 5.72. The molecule has 3 aromatic rings. The van der Waals surface area contributed by atoms with E-state index >= 15 is 0 Å². The average molecular weight is 535 g/mol. The average Bonchev–Trinajstić information content (AvgIpc) is 3.66. The lowest BCUT2D eigenvalue weighted by atomic mass is 10.1. The Morgan fingerprint density at radius 3 is 2.46 bits per heavy atom. The number of rotatable bonds is 18. The van der Waals surface area contributed by atoms with Crippen molar-refractivity contribution in [3.05, 3.63) is 47.8 Å². The predicted octanol–water partition coefficient (Wildman–Crippen LogP) is 5.35. The minimum Gasteiger partial charge on any atom is -0.360 e. The lowest BCUT2D eigenvalue weighted by Gasteiger charge is -2.24. The number of hydrogen-bond acceptors (Lipinski definition) is 6. The van der Waals surface area contributed by atoms with Crippen LogP contribution in [-0.4, -0.2) is 86.4 Å². The molecule has 214 valence electrons. The van der Waals surface area contributed by atoms with Crippen LogP contribution < -0.4 is 0 Å². The molecule has 1 aromatic carbocycles. The van der Waals surface area contributed by atoms with Gasteiger partial charge in [0.15, 0.2) is 0 Å². The number of imidazole rings is 2. The van der Waals surface area contributed by atoms with E-state index in [4.69, 9.17) is 9.98 Å². The van der Waals surface area contributed by atoms with Gasteiger partial charge in [-0.1, -0.05) is 33.3 Å². The van der Waals surface area contributed by atoms with E-state index in [0.29, 0.717) is 0 Å². The lowest BCUT2D eigenvalue weighted by molar-refractivity contribution is 0.268. The molecule has 0 unspecified atom stereocenters. The van der Waals surface area contributed by atoms with E-state index in [1.54, 1.807) is 0 Å². The summed E-state index contributed by atoms with van der Waals surface area (Å²) in [6, 6.07) is 6.84. The van der Waals surface area contributed by atoms with Gasteiger partial charge in [0.1, 0.15) is 17.5 Å². The van der Waals surface area contributed by atoms with Crippen LogP contribution in [0.5, 0.6) is 0 Å². The van der Waals surface area contributed by atoms with Crippen LogP contribution in [-0.2, 0) is 26.1 Å². The zero-order valence-corrected chi connectivity index (χ0v) is 24.8. The Labute approximate surface area is 235 Å². The number of nitrogens with zero attached hydrogens (tertiary/aromatic N) is 7. The SMILES string of the molecule is CCCN(CCC)CCCCCc1nc2ccc(CN(CC3=NCCN3C)Cc3ncc[nH]3)cc2n1CCC. The maximum Gasteiger partial charge on any atom is 0.120 e. The van der Waals surface area contributed by atoms with E-state index in [-0.39, 0.29) is 0 Å². The molecule has 8 nitrogen and oxygen atoms in total. The third-order valence-electron chi connectivity index (χ3n) is 7.66. The summed E-state index contributed by atoms with van der Waals surface area (Å²) >= 11 is 0. The van der Waals surface area contributed by atoms with Crippen molar-refractivity contribution in [3.63, 3.8) is 0 Å². The minimum atomic E-state index is 0.769. The zero-order valence-electron chi connectivity index (χ0n) is 24.8. The number of hydrogen-bond donors (Lipinski definition) is 1. The van der Waals surface area contributed by atoms with Crippen LogP contribution in [0.25, 0.3) is 11.0 Å². The maximum atomic E-state index is 5.10. The first-order valence-electron chi connectivity index (χ1n) is 15.3. The van der Waals surface area contributed by atoms with Crippen molar-refractivity contribution in [2.45, 2.75) is 85.4 Å². The first kappa shape index (κ1) is 29.3. The molecule has 0 bridgehead atoms. The van der Waals surface area contributed by atoms with Crippen LogP contribution in [0.3, 0.4) is 0 Å². The summed E-state index contributed by atoms with van der Waals surface area (Å²) in [4.78, 5) is 24.9. The molecule has 0 saturated carbocycles. The van der Waals surface area contributed by atoms with E-state index in [2.05, 4.69) is 75.3 Å². The summed E-state index contributed by atoms with van der Waals surface area (Å²) in [6.45, 7) is 15.9. The molecule has 8 heteroatoms. The lowest BCUT2D eigenvalue weighted by Crippen LogP contribution is -2.36. The van der Waals surface area contributed by atoms with Gasteiger partial charge in [-0.25, -0.2) is 9.97 Å². The van der Waals surface area contributed by atoms with Crippen molar-refractivity contribution in [1.29, 1.82) is 0 Å². The standard InChI is InChI=1S/C31H50N8/c1-5-17-37(18-6-2)20-10-8-9-11-30-35-27-13-12-26(22-28(27)39(30)19-7-3)23-38(24-29-32-14-15-33-29)25-31-34-16-21-36(31)4/h12-15,22H,5-11,16-21,23-25H2,1-4H3,(H,32,33). The second-order valence-corrected chi connectivity index (χ2v) is 11.1. The van der Waals surface area contributed by atoms with Crippen LogP contribution in [0.4, 0.5) is 0 Å². The second-order valence-electron chi connectivity index (χ2n) is 11.1. The highest BCUT2D eigenvalue weighted by atomic mass is 15.3. The van der Waals surface area contributed by atoms with Gasteiger partial charge in [0.25, 0.3) is 0 Å². The fraction of sp³-hybridized carbons (Fsp3) is 0.645. The molecule has 39 heavy (non-hydrogen) atoms. The Morgan fingerprint density at radius 2 is 1.77 bits per heavy atom. The van der Waals surface area contributed by atoms with Crippen LogP contribution in [0.1, 0.15) is 76.5 Å². The molecule has 3 heterocycles. The number of H-pyrrole nitrogens is 1. The molecule has 1 aliphatic heterocycles. The van der Waals surface area contributed by atoms with Gasteiger partial charge >= 0.3 is 0 Å². The molecular weight excluding hydrogens is 484 g/mol. The van der Waals surface area contributed by atoms with Gasteiger partial charge < -0.3 is 19.4 Å². The van der Waals surface area contributed by atoms with Crippen molar-refractivity contribution in [3.8, 4) is 0 Å². The number of aromatic nitrogens is 4. The molecule has 0 saturated heterocycles. The van der Waals surface area contributed by atoms with E-state index in [1.165, 1.54) is 68.6 Å². The second kappa shape index (κ2) is 15.2. The van der Waals surface area contributed by atoms with E-state index in [9.17, 15) is 0 Å². The quantitative estimate of drug-likeness (QED) is 0.223. The highest BCUT2D eigenvalue weighted by molar-refractivity contribution is 5.85. The van der Waals surface area contributed by atoms with Crippen LogP contribution in [0.15, 0.2) is 35.6 Å². The van der Waals surface area contributed by atoms with Gasteiger partial charge in [-0.3, -0.25) is 9.89 Å². The molecule has 0 aliphatic carbocycles. The maximum absolute atomic E-state index is 5.10. The van der Waals surface area contributed by atoms with Crippen molar-refractivity contribution in [2.75, 3.05) is 46.3 Å². The molecule has 0 radical (unpaired) electrons. The monoisotopic (exact) mass is 534 g/mol. The van der Waals surface area contributed by atoms with Gasteiger partial charge in [-0.2, -0.15) is 0 Å². The predicted molar refractivity (Wildman–Crippen MR) is 162 cm³/mol. The highest BCUT2D eigenvalue weighted by Crippen LogP contribution is 2.22. The molecule has 1 aliphatic rings. The fourth-order valence-corrected chi connectivity index (χ4v) is 5.72. The summed E-state index contributed by atoms with van der Waals surface area (Å²) < 4.78 is 2.48. The van der Waals surface area contributed by atoms with Crippen molar-refractivity contribution in [1.82, 2.24) is 34.2 Å². The number of fused-ring (bicyclic) bond motifs is 1. The molecule has 0 atom stereocenters. The van der Waals surface area contributed by atoms with E-state index < -0.39 is 0 Å². The first-order chi connectivity index (χ1) is 19.1. The Kier molecular flexibility index (Phi) is 11.4. The molecule has 2 aromatic heterocycles. The largest absolute Gasteiger partial charge is 0.360 e. The Balaban J connectivity index is 1.42. The van der Waals surface area contributed by atoms with Gasteiger partial charge in [0.05, 0.1) is 30.7 Å². The first-order valence-corrected chi connectivity index (χ1v) is 15.3. The Morgan fingerprint density at radius 1 is 0.923 bits per heavy atom. The van der Waals surface area contributed by atoms with E-state index in [0.717, 1.165) is 69.3 Å². The third-order valence-corrected chi connectivity index (χ3v) is 7.66. The molecule has 0 spiro atoms. The minimum absolute atomic E-state index is 0.769. The molecule has 4 rings (SSSR count). The highest BCUT2D eigenvalue weighted by Gasteiger charge is 2.19. The number of likely N-dealkylation sites (N-methyl/N-ethyl adjacent to an activating group) is 1. The summed E-state index contributed by atoms with van der Waals surface area (Å²) in [5.41, 5.74) is 3.71. The van der Waals surface area contributed by atoms with Gasteiger partial charge in [-0.15, -0.1) is 0 Å². The van der Waals surface area contributed by atoms with Crippen LogP contribution in [0.2, 0.25) is 0 Å². The molecule has 0 fully saturated rings. The van der Waals surface area contributed by atoms with Gasteiger partial charge in [0.2, 0.25) is 0 Å². The van der Waals surface area contributed by atoms with Gasteiger partial charge in [0, 0.05) is 45.5 Å². The van der Waals surface area contributed by atoms with Crippen LogP contribution >= 0.6 is 0 Å². The number of aliphatic imine (C=N–C) groups is 1. The summed E-state index contributed by atoms with van der Waals surface area (Å²) in [5.74, 6) is 3.40. The molecule has 0 amide bonds. The Hall–Kier alpha value is -2.71. The summed E-state index contributed by atoms with van der Waals surface area (Å²) in [5, 5.41) is 0. The van der Waals surface area contributed by atoms with Crippen molar-refractivity contribution >= 4 is 16.9 Å². The zero-order chi connectivity index (χ0) is 27.5. The van der Waals surface area contributed by atoms with Crippen LogP contribution in [0, 0.1) is 0 Å². The topological polar surface area (TPSA) is 68.6 Å². The molecular formula is C31H50N8. The number of amidine groups is 1.